The van der Waals surface area contributed by atoms with Gasteiger partial charge in [-0.05, 0) is 85.7 Å². The molecule has 1 aliphatic heterocycles. The maximum absolute atomic E-state index is 13.5. The minimum Gasteiger partial charge on any atom is -0.480 e. The number of halogens is 1. The number of carbonyl (C=O) groups excluding carboxylic acids is 5. The summed E-state index contributed by atoms with van der Waals surface area (Å²) in [6, 6.07) is 6.16. The van der Waals surface area contributed by atoms with Gasteiger partial charge in [-0.25, -0.2) is 4.79 Å². The molecule has 2 fully saturated rings. The highest BCUT2D eigenvalue weighted by Crippen LogP contribution is 2.31. The molecule has 1 saturated heterocycles. The summed E-state index contributed by atoms with van der Waals surface area (Å²) in [5, 5.41) is 44.6. The van der Waals surface area contributed by atoms with Crippen molar-refractivity contribution in [2.24, 2.45) is 11.8 Å². The van der Waals surface area contributed by atoms with Gasteiger partial charge in [0.15, 0.2) is 0 Å². The van der Waals surface area contributed by atoms with E-state index in [1.54, 1.807) is 18.2 Å². The van der Waals surface area contributed by atoms with E-state index in [4.69, 9.17) is 4.84 Å². The molecular formula is C37H51IN6O14. The summed E-state index contributed by atoms with van der Waals surface area (Å²) < 4.78 is 0.920. The van der Waals surface area contributed by atoms with Crippen molar-refractivity contribution in [3.8, 4) is 0 Å². The third-order valence-corrected chi connectivity index (χ3v) is 10.5. The Labute approximate surface area is 348 Å². The largest absolute Gasteiger partial charge is 0.480 e. The van der Waals surface area contributed by atoms with Crippen LogP contribution >= 0.6 is 22.6 Å². The van der Waals surface area contributed by atoms with Gasteiger partial charge in [0.1, 0.15) is 12.6 Å². The smallest absolute Gasteiger partial charge is 0.336 e. The van der Waals surface area contributed by atoms with Crippen molar-refractivity contribution < 1.29 is 68.4 Å². The van der Waals surface area contributed by atoms with Crippen LogP contribution in [0.4, 0.5) is 0 Å². The van der Waals surface area contributed by atoms with E-state index in [2.05, 4.69) is 33.2 Å². The maximum Gasteiger partial charge on any atom is 0.336 e. The van der Waals surface area contributed by atoms with E-state index in [1.807, 2.05) is 6.07 Å². The Balaban J connectivity index is 1.48. The van der Waals surface area contributed by atoms with Crippen LogP contribution < -0.4 is 10.6 Å². The predicted octanol–water partition coefficient (Wildman–Crippen LogP) is 0.334. The van der Waals surface area contributed by atoms with E-state index < -0.39 is 85.1 Å². The molecule has 4 amide bonds. The van der Waals surface area contributed by atoms with Gasteiger partial charge in [0.2, 0.25) is 5.91 Å². The lowest BCUT2D eigenvalue weighted by atomic mass is 9.81. The SMILES string of the molecule is O=C(O)CN(CCN[C@H](CCCCNC(=O)c1cccc(I)c1)C(=O)O)CCN(CCN(CC(=O)O)C(=O)C1CCC(C(=O)ON2C(=O)CCC2=O)CC1)CC(=O)O. The van der Waals surface area contributed by atoms with Gasteiger partial charge in [-0.15, -0.1) is 5.06 Å². The van der Waals surface area contributed by atoms with Crippen LogP contribution in [-0.2, 0) is 43.2 Å². The van der Waals surface area contributed by atoms with Crippen molar-refractivity contribution >= 4 is 76.1 Å². The number of nitrogens with one attached hydrogen (secondary N) is 2. The number of benzene rings is 1. The molecule has 0 radical (unpaired) electrons. The number of carboxylic acid groups (broad SMARTS) is 4. The molecule has 20 nitrogen and oxygen atoms in total. The Bertz CT molecular complexity index is 1640. The highest BCUT2D eigenvalue weighted by molar-refractivity contribution is 14.1. The number of amides is 4. The number of hydrogen-bond donors (Lipinski definition) is 6. The molecule has 1 heterocycles. The second kappa shape index (κ2) is 24.2. The molecule has 6 N–H and O–H groups in total. The average Bonchev–Trinajstić information content (AvgIpc) is 3.48. The molecule has 21 heteroatoms. The molecule has 1 saturated carbocycles. The number of carbonyl (C=O) groups is 9. The molecule has 1 aromatic carbocycles. The normalized spacial score (nSPS) is 17.3. The summed E-state index contributed by atoms with van der Waals surface area (Å²) in [6.45, 7) is -1.15. The standard InChI is InChI=1S/C37H51IN6O14/c38-27-5-3-4-26(20-27)34(53)40-13-2-1-6-28(36(55)56)39-14-15-41(21-31(47)48)16-17-42(22-32(49)50)18-19-43(23-33(51)52)35(54)24-7-9-25(10-8-24)37(57)58-44-29(45)11-12-30(44)46/h3-5,20,24-25,28,39H,1-2,6-19,21-23H2,(H,40,53)(H,47,48)(H,49,50)(H,51,52)(H,55,56)/t24?,25?,28-/m1/s1. The van der Waals surface area contributed by atoms with Crippen LogP contribution in [0, 0.1) is 15.4 Å². The molecule has 2 aliphatic rings. The molecule has 1 atom stereocenters. The molecule has 1 aromatic rings. The van der Waals surface area contributed by atoms with Crippen molar-refractivity contribution in [3.05, 3.63) is 33.4 Å². The van der Waals surface area contributed by atoms with Crippen LogP contribution in [0.2, 0.25) is 0 Å². The fraction of sp³-hybridized carbons (Fsp3) is 0.595. The average molecular weight is 931 g/mol. The molecule has 0 bridgehead atoms. The van der Waals surface area contributed by atoms with E-state index in [0.717, 1.165) is 8.47 Å². The van der Waals surface area contributed by atoms with Crippen molar-refractivity contribution in [1.82, 2.24) is 30.4 Å². The Morgan fingerprint density at radius 1 is 0.759 bits per heavy atom. The molecule has 320 valence electrons. The van der Waals surface area contributed by atoms with Gasteiger partial charge < -0.3 is 40.8 Å². The van der Waals surface area contributed by atoms with Crippen LogP contribution in [0.15, 0.2) is 24.3 Å². The van der Waals surface area contributed by atoms with E-state index in [0.29, 0.717) is 30.0 Å². The number of unbranched alkanes of at least 4 members (excludes halogenated alkanes) is 1. The van der Waals surface area contributed by atoms with Gasteiger partial charge in [-0.2, -0.15) is 0 Å². The number of nitrogens with zero attached hydrogens (tertiary/aromatic N) is 4. The van der Waals surface area contributed by atoms with Gasteiger partial charge in [-0.1, -0.05) is 6.07 Å². The molecule has 0 spiro atoms. The zero-order valence-corrected chi connectivity index (χ0v) is 34.2. The zero-order valence-electron chi connectivity index (χ0n) is 32.0. The molecule has 58 heavy (non-hydrogen) atoms. The van der Waals surface area contributed by atoms with Crippen LogP contribution in [0.1, 0.15) is 68.1 Å². The first kappa shape index (κ1) is 47.6. The van der Waals surface area contributed by atoms with E-state index >= 15 is 0 Å². The number of aliphatic carboxylic acids is 4. The van der Waals surface area contributed by atoms with Crippen molar-refractivity contribution in [2.45, 2.75) is 63.8 Å². The Kier molecular flexibility index (Phi) is 19.9. The first-order valence-electron chi connectivity index (χ1n) is 19.0. The van der Waals surface area contributed by atoms with Crippen LogP contribution in [0.5, 0.6) is 0 Å². The Morgan fingerprint density at radius 2 is 1.33 bits per heavy atom. The van der Waals surface area contributed by atoms with Crippen LogP contribution in [0.25, 0.3) is 0 Å². The Hall–Kier alpha value is -4.74. The van der Waals surface area contributed by atoms with Gasteiger partial charge in [-0.3, -0.25) is 48.2 Å². The topological polar surface area (TPSA) is 281 Å². The fourth-order valence-electron chi connectivity index (χ4n) is 6.67. The second-order valence-electron chi connectivity index (χ2n) is 14.1. The quantitative estimate of drug-likeness (QED) is 0.0415. The number of hydrogen-bond acceptors (Lipinski definition) is 13. The number of imide groups is 1. The van der Waals surface area contributed by atoms with E-state index in [-0.39, 0.29) is 90.1 Å². The molecule has 0 unspecified atom stereocenters. The van der Waals surface area contributed by atoms with Gasteiger partial charge >= 0.3 is 29.8 Å². The molecule has 1 aliphatic carbocycles. The highest BCUT2D eigenvalue weighted by atomic mass is 127. The van der Waals surface area contributed by atoms with Gasteiger partial charge in [0.25, 0.3) is 17.7 Å². The number of rotatable bonds is 26. The minimum atomic E-state index is -1.29. The lowest BCUT2D eigenvalue weighted by Gasteiger charge is -2.32. The third-order valence-electron chi connectivity index (χ3n) is 9.78. The monoisotopic (exact) mass is 930 g/mol. The number of carboxylic acids is 4. The first-order chi connectivity index (χ1) is 27.5. The molecule has 0 aromatic heterocycles. The third kappa shape index (κ3) is 16.6. The summed E-state index contributed by atoms with van der Waals surface area (Å²) in [7, 11) is 0. The number of hydroxylamine groups is 2. The van der Waals surface area contributed by atoms with Gasteiger partial charge in [0, 0.05) is 73.7 Å². The van der Waals surface area contributed by atoms with Crippen molar-refractivity contribution in [2.75, 3.05) is 65.4 Å². The van der Waals surface area contributed by atoms with Crippen molar-refractivity contribution in [1.29, 1.82) is 0 Å². The molecular weight excluding hydrogens is 879 g/mol. The summed E-state index contributed by atoms with van der Waals surface area (Å²) in [4.78, 5) is 118. The fourth-order valence-corrected chi connectivity index (χ4v) is 7.21. The van der Waals surface area contributed by atoms with Crippen molar-refractivity contribution in [3.63, 3.8) is 0 Å². The second-order valence-corrected chi connectivity index (χ2v) is 15.4. The van der Waals surface area contributed by atoms with Gasteiger partial charge in [0.05, 0.1) is 19.0 Å². The summed E-state index contributed by atoms with van der Waals surface area (Å²) >= 11 is 2.11. The first-order valence-corrected chi connectivity index (χ1v) is 20.1. The minimum absolute atomic E-state index is 0.0279. The highest BCUT2D eigenvalue weighted by Gasteiger charge is 2.38. The Morgan fingerprint density at radius 3 is 1.90 bits per heavy atom. The summed E-state index contributed by atoms with van der Waals surface area (Å²) in [5.41, 5.74) is 0.525. The zero-order chi connectivity index (χ0) is 42.8. The lowest BCUT2D eigenvalue weighted by molar-refractivity contribution is -0.201. The lowest BCUT2D eigenvalue weighted by Crippen LogP contribution is -2.48. The summed E-state index contributed by atoms with van der Waals surface area (Å²) in [5.74, 6) is -8.76. The predicted molar refractivity (Wildman–Crippen MR) is 210 cm³/mol. The van der Waals surface area contributed by atoms with E-state index in [1.165, 1.54) is 9.80 Å². The summed E-state index contributed by atoms with van der Waals surface area (Å²) in [6.07, 6.45) is 2.00. The van der Waals surface area contributed by atoms with Crippen LogP contribution in [-0.4, -0.2) is 165 Å². The maximum atomic E-state index is 13.5. The van der Waals surface area contributed by atoms with E-state index in [9.17, 15) is 63.6 Å². The van der Waals surface area contributed by atoms with Crippen LogP contribution in [0.3, 0.4) is 0 Å². The molecule has 3 rings (SSSR count).